The maximum absolute atomic E-state index is 13.4. The van der Waals surface area contributed by atoms with Crippen LogP contribution in [0.2, 0.25) is 0 Å². The molecular formula is C28H28F5NO. The third-order valence-electron chi connectivity index (χ3n) is 6.58. The quantitative estimate of drug-likeness (QED) is 0.306. The maximum Gasteiger partial charge on any atom is 0.416 e. The van der Waals surface area contributed by atoms with Gasteiger partial charge in [0, 0.05) is 13.2 Å². The van der Waals surface area contributed by atoms with Crippen LogP contribution in [-0.2, 0) is 17.5 Å². The monoisotopic (exact) mass is 489 g/mol. The van der Waals surface area contributed by atoms with Gasteiger partial charge in [0.1, 0.15) is 17.7 Å². The summed E-state index contributed by atoms with van der Waals surface area (Å²) in [7, 11) is 0. The molecule has 0 radical (unpaired) electrons. The fourth-order valence-corrected chi connectivity index (χ4v) is 4.62. The number of rotatable bonds is 8. The fourth-order valence-electron chi connectivity index (χ4n) is 4.62. The summed E-state index contributed by atoms with van der Waals surface area (Å²) in [6.45, 7) is 2.23. The lowest BCUT2D eigenvalue weighted by molar-refractivity contribution is -0.138. The van der Waals surface area contributed by atoms with Crippen LogP contribution in [0.15, 0.2) is 72.8 Å². The molecule has 0 aromatic heterocycles. The van der Waals surface area contributed by atoms with Crippen LogP contribution in [0.4, 0.5) is 22.0 Å². The highest BCUT2D eigenvalue weighted by atomic mass is 19.4. The topological polar surface area (TPSA) is 12.5 Å². The molecule has 1 saturated heterocycles. The molecule has 0 unspecified atom stereocenters. The predicted molar refractivity (Wildman–Crippen MR) is 125 cm³/mol. The molecule has 0 N–H and O–H groups in total. The molecule has 186 valence electrons. The van der Waals surface area contributed by atoms with Crippen molar-refractivity contribution in [2.45, 2.75) is 38.1 Å². The van der Waals surface area contributed by atoms with Crippen LogP contribution in [0.3, 0.4) is 0 Å². The zero-order valence-corrected chi connectivity index (χ0v) is 19.3. The Morgan fingerprint density at radius 3 is 1.89 bits per heavy atom. The molecule has 3 aromatic carbocycles. The summed E-state index contributed by atoms with van der Waals surface area (Å²) in [4.78, 5) is 2.07. The third-order valence-corrected chi connectivity index (χ3v) is 6.58. The molecule has 0 bridgehead atoms. The second kappa shape index (κ2) is 11.3. The SMILES string of the molecule is Fc1ccc(C(OCCC2CCN(Cc3ccccc3C(F)(F)F)CC2)c2ccc(F)cc2)cc1. The summed E-state index contributed by atoms with van der Waals surface area (Å²) in [5.74, 6) is -0.265. The van der Waals surface area contributed by atoms with Crippen molar-refractivity contribution in [3.8, 4) is 0 Å². The molecule has 7 heteroatoms. The van der Waals surface area contributed by atoms with E-state index >= 15 is 0 Å². The Bertz CT molecular complexity index is 1030. The lowest BCUT2D eigenvalue weighted by Gasteiger charge is -2.32. The molecular weight excluding hydrogens is 461 g/mol. The number of ether oxygens (including phenoxy) is 1. The summed E-state index contributed by atoms with van der Waals surface area (Å²) in [5, 5.41) is 0. The van der Waals surface area contributed by atoms with Crippen molar-refractivity contribution in [1.29, 1.82) is 0 Å². The van der Waals surface area contributed by atoms with Gasteiger partial charge in [-0.15, -0.1) is 0 Å². The van der Waals surface area contributed by atoms with Crippen molar-refractivity contribution in [3.63, 3.8) is 0 Å². The normalized spacial score (nSPS) is 15.6. The number of halogens is 5. The van der Waals surface area contributed by atoms with E-state index < -0.39 is 17.8 Å². The van der Waals surface area contributed by atoms with E-state index in [2.05, 4.69) is 4.90 Å². The maximum atomic E-state index is 13.4. The number of hydrogen-bond donors (Lipinski definition) is 0. The number of likely N-dealkylation sites (tertiary alicyclic amines) is 1. The molecule has 0 saturated carbocycles. The van der Waals surface area contributed by atoms with Crippen molar-refractivity contribution < 1.29 is 26.7 Å². The first-order valence-corrected chi connectivity index (χ1v) is 11.8. The molecule has 0 aliphatic carbocycles. The van der Waals surface area contributed by atoms with Crippen LogP contribution in [-0.4, -0.2) is 24.6 Å². The number of piperidine rings is 1. The number of benzene rings is 3. The highest BCUT2D eigenvalue weighted by Gasteiger charge is 2.33. The average molecular weight is 490 g/mol. The van der Waals surface area contributed by atoms with Gasteiger partial charge >= 0.3 is 6.18 Å². The van der Waals surface area contributed by atoms with Crippen LogP contribution in [0.25, 0.3) is 0 Å². The molecule has 2 nitrogen and oxygen atoms in total. The van der Waals surface area contributed by atoms with Gasteiger partial charge in [0.15, 0.2) is 0 Å². The highest BCUT2D eigenvalue weighted by Crippen LogP contribution is 2.33. The predicted octanol–water partition coefficient (Wildman–Crippen LogP) is 7.39. The van der Waals surface area contributed by atoms with Gasteiger partial charge in [-0.25, -0.2) is 8.78 Å². The van der Waals surface area contributed by atoms with Crippen LogP contribution < -0.4 is 0 Å². The first-order valence-electron chi connectivity index (χ1n) is 11.8. The minimum Gasteiger partial charge on any atom is -0.369 e. The minimum absolute atomic E-state index is 0.288. The zero-order chi connectivity index (χ0) is 24.8. The van der Waals surface area contributed by atoms with Gasteiger partial charge in [-0.2, -0.15) is 13.2 Å². The molecule has 0 spiro atoms. The van der Waals surface area contributed by atoms with Crippen molar-refractivity contribution in [2.24, 2.45) is 5.92 Å². The van der Waals surface area contributed by atoms with E-state index in [-0.39, 0.29) is 18.2 Å². The standard InChI is InChI=1S/C28H28F5NO/c29-24-9-5-21(6-10-24)27(22-7-11-25(30)12-8-22)35-18-15-20-13-16-34(17-14-20)19-23-3-1-2-4-26(23)28(31,32)33/h1-12,20,27H,13-19H2. The van der Waals surface area contributed by atoms with Crippen LogP contribution in [0, 0.1) is 17.6 Å². The highest BCUT2D eigenvalue weighted by molar-refractivity contribution is 5.31. The summed E-state index contributed by atoms with van der Waals surface area (Å²) < 4.78 is 72.8. The van der Waals surface area contributed by atoms with E-state index in [1.165, 1.54) is 30.3 Å². The van der Waals surface area contributed by atoms with Crippen molar-refractivity contribution in [1.82, 2.24) is 4.90 Å². The number of alkyl halides is 3. The van der Waals surface area contributed by atoms with Gasteiger partial charge in [-0.3, -0.25) is 4.90 Å². The van der Waals surface area contributed by atoms with E-state index in [0.717, 1.165) is 49.5 Å². The van der Waals surface area contributed by atoms with E-state index in [4.69, 9.17) is 4.74 Å². The average Bonchev–Trinajstić information content (AvgIpc) is 2.84. The summed E-state index contributed by atoms with van der Waals surface area (Å²) in [6.07, 6.45) is -2.20. The third kappa shape index (κ3) is 6.89. The minimum atomic E-state index is -4.35. The molecule has 1 aliphatic rings. The molecule has 1 heterocycles. The smallest absolute Gasteiger partial charge is 0.369 e. The Morgan fingerprint density at radius 2 is 1.34 bits per heavy atom. The van der Waals surface area contributed by atoms with Crippen LogP contribution in [0.5, 0.6) is 0 Å². The lowest BCUT2D eigenvalue weighted by atomic mass is 9.93. The van der Waals surface area contributed by atoms with E-state index in [0.29, 0.717) is 18.1 Å². The molecule has 3 aromatic rings. The first kappa shape index (κ1) is 25.3. The lowest BCUT2D eigenvalue weighted by Crippen LogP contribution is -2.34. The second-order valence-corrected chi connectivity index (χ2v) is 9.02. The van der Waals surface area contributed by atoms with Gasteiger partial charge in [0.05, 0.1) is 5.56 Å². The molecule has 0 amide bonds. The van der Waals surface area contributed by atoms with Crippen molar-refractivity contribution >= 4 is 0 Å². The van der Waals surface area contributed by atoms with E-state index in [1.807, 2.05) is 0 Å². The largest absolute Gasteiger partial charge is 0.416 e. The molecule has 0 atom stereocenters. The van der Waals surface area contributed by atoms with Gasteiger partial charge in [0.25, 0.3) is 0 Å². The van der Waals surface area contributed by atoms with Gasteiger partial charge < -0.3 is 4.74 Å². The van der Waals surface area contributed by atoms with Crippen LogP contribution >= 0.6 is 0 Å². The van der Waals surface area contributed by atoms with Crippen molar-refractivity contribution in [3.05, 3.63) is 107 Å². The molecule has 1 fully saturated rings. The Hall–Kier alpha value is -2.77. The molecule has 1 aliphatic heterocycles. The second-order valence-electron chi connectivity index (χ2n) is 9.02. The van der Waals surface area contributed by atoms with Gasteiger partial charge in [0.2, 0.25) is 0 Å². The molecule has 35 heavy (non-hydrogen) atoms. The van der Waals surface area contributed by atoms with E-state index in [1.54, 1.807) is 36.4 Å². The molecule has 4 rings (SSSR count). The summed E-state index contributed by atoms with van der Waals surface area (Å²) in [5.41, 5.74) is 1.32. The zero-order valence-electron chi connectivity index (χ0n) is 19.3. The number of nitrogens with zero attached hydrogens (tertiary/aromatic N) is 1. The summed E-state index contributed by atoms with van der Waals surface area (Å²) in [6, 6.07) is 17.9. The fraction of sp³-hybridized carbons (Fsp3) is 0.357. The van der Waals surface area contributed by atoms with Crippen LogP contribution in [0.1, 0.15) is 47.6 Å². The van der Waals surface area contributed by atoms with Gasteiger partial charge in [-0.05, 0) is 85.3 Å². The van der Waals surface area contributed by atoms with Gasteiger partial charge in [-0.1, -0.05) is 42.5 Å². The Morgan fingerprint density at radius 1 is 0.800 bits per heavy atom. The number of hydrogen-bond acceptors (Lipinski definition) is 2. The Balaban J connectivity index is 1.31. The Kier molecular flexibility index (Phi) is 8.19. The first-order chi connectivity index (χ1) is 16.8. The summed E-state index contributed by atoms with van der Waals surface area (Å²) >= 11 is 0. The Labute approximate surface area is 202 Å². The van der Waals surface area contributed by atoms with Crippen molar-refractivity contribution in [2.75, 3.05) is 19.7 Å². The van der Waals surface area contributed by atoms with E-state index in [9.17, 15) is 22.0 Å².